The van der Waals surface area contributed by atoms with E-state index in [1.54, 1.807) is 0 Å². The first-order chi connectivity index (χ1) is 11.3. The van der Waals surface area contributed by atoms with Gasteiger partial charge in [-0.1, -0.05) is 48.0 Å². The monoisotopic (exact) mass is 322 g/mol. The summed E-state index contributed by atoms with van der Waals surface area (Å²) < 4.78 is 1.38. The molecule has 0 amide bonds. The molecule has 1 atom stereocenters. The van der Waals surface area contributed by atoms with Gasteiger partial charge in [0.05, 0.1) is 6.04 Å². The molecule has 1 N–H and O–H groups in total. The van der Waals surface area contributed by atoms with E-state index < -0.39 is 0 Å². The molecule has 4 rings (SSSR count). The van der Waals surface area contributed by atoms with Crippen LogP contribution in [0.1, 0.15) is 22.0 Å². The number of thiophene rings is 1. The third kappa shape index (κ3) is 3.05. The van der Waals surface area contributed by atoms with E-state index in [-0.39, 0.29) is 0 Å². The smallest absolute Gasteiger partial charge is 0.0697 e. The molecule has 2 aromatic carbocycles. The molecule has 0 radical (unpaired) electrons. The first-order valence-corrected chi connectivity index (χ1v) is 9.13. The number of benzene rings is 2. The molecule has 0 spiro atoms. The van der Waals surface area contributed by atoms with Gasteiger partial charge in [-0.25, -0.2) is 0 Å². The molecular weight excluding hydrogens is 300 g/mol. The van der Waals surface area contributed by atoms with Gasteiger partial charge in [0.2, 0.25) is 0 Å². The molecule has 0 aliphatic carbocycles. The zero-order valence-corrected chi connectivity index (χ0v) is 14.3. The minimum absolute atomic E-state index is 0.370. The van der Waals surface area contributed by atoms with E-state index in [1.165, 1.54) is 26.1 Å². The molecule has 1 unspecified atom stereocenters. The number of hydrogen-bond acceptors (Lipinski definition) is 3. The van der Waals surface area contributed by atoms with Gasteiger partial charge in [0.15, 0.2) is 0 Å². The Balaban J connectivity index is 1.78. The summed E-state index contributed by atoms with van der Waals surface area (Å²) in [6.07, 6.45) is 0. The minimum atomic E-state index is 0.370. The second-order valence-electron chi connectivity index (χ2n) is 6.29. The maximum atomic E-state index is 3.47. The zero-order chi connectivity index (χ0) is 15.6. The molecule has 118 valence electrons. The highest BCUT2D eigenvalue weighted by Gasteiger charge is 2.25. The fraction of sp³-hybridized carbons (Fsp3) is 0.300. The second kappa shape index (κ2) is 6.44. The van der Waals surface area contributed by atoms with Crippen LogP contribution in [0.3, 0.4) is 0 Å². The molecule has 2 heterocycles. The topological polar surface area (TPSA) is 15.3 Å². The molecule has 1 saturated heterocycles. The van der Waals surface area contributed by atoms with Crippen LogP contribution in [0.5, 0.6) is 0 Å². The van der Waals surface area contributed by atoms with Gasteiger partial charge < -0.3 is 5.32 Å². The summed E-state index contributed by atoms with van der Waals surface area (Å²) in [7, 11) is 0. The highest BCUT2D eigenvalue weighted by molar-refractivity contribution is 7.19. The lowest BCUT2D eigenvalue weighted by molar-refractivity contribution is 0.201. The number of nitrogens with zero attached hydrogens (tertiary/aromatic N) is 1. The highest BCUT2D eigenvalue weighted by Crippen LogP contribution is 2.36. The van der Waals surface area contributed by atoms with E-state index >= 15 is 0 Å². The van der Waals surface area contributed by atoms with E-state index in [2.05, 4.69) is 71.7 Å². The fourth-order valence-corrected chi connectivity index (χ4v) is 4.61. The van der Waals surface area contributed by atoms with Gasteiger partial charge in [-0.05, 0) is 30.0 Å². The Hall–Kier alpha value is -1.68. The molecule has 3 heteroatoms. The first-order valence-electron chi connectivity index (χ1n) is 8.31. The number of piperazine rings is 1. The Labute approximate surface area is 141 Å². The van der Waals surface area contributed by atoms with Crippen molar-refractivity contribution in [2.45, 2.75) is 13.0 Å². The SMILES string of the molecule is Cc1ccc(C(c2cc3ccccc3s2)N2CCNCC2)cc1. The summed E-state index contributed by atoms with van der Waals surface area (Å²) in [4.78, 5) is 4.07. The number of nitrogens with one attached hydrogen (secondary N) is 1. The molecule has 0 saturated carbocycles. The highest BCUT2D eigenvalue weighted by atomic mass is 32.1. The van der Waals surface area contributed by atoms with E-state index in [1.807, 2.05) is 11.3 Å². The summed E-state index contributed by atoms with van der Waals surface area (Å²) in [5, 5.41) is 4.83. The molecule has 0 bridgehead atoms. The van der Waals surface area contributed by atoms with Crippen molar-refractivity contribution in [2.75, 3.05) is 26.2 Å². The molecule has 23 heavy (non-hydrogen) atoms. The lowest BCUT2D eigenvalue weighted by atomic mass is 10.0. The van der Waals surface area contributed by atoms with Crippen LogP contribution in [0, 0.1) is 6.92 Å². The summed E-state index contributed by atoms with van der Waals surface area (Å²) >= 11 is 1.94. The normalized spacial score (nSPS) is 17.4. The van der Waals surface area contributed by atoms with E-state index in [0.717, 1.165) is 26.2 Å². The van der Waals surface area contributed by atoms with Gasteiger partial charge in [-0.15, -0.1) is 11.3 Å². The Morgan fingerprint density at radius 3 is 2.48 bits per heavy atom. The van der Waals surface area contributed by atoms with E-state index in [4.69, 9.17) is 0 Å². The number of hydrogen-bond donors (Lipinski definition) is 1. The van der Waals surface area contributed by atoms with Crippen molar-refractivity contribution in [3.63, 3.8) is 0 Å². The van der Waals surface area contributed by atoms with Gasteiger partial charge in [-0.2, -0.15) is 0 Å². The average molecular weight is 322 g/mol. The van der Waals surface area contributed by atoms with Crippen LogP contribution < -0.4 is 5.32 Å². The molecule has 1 aliphatic heterocycles. The largest absolute Gasteiger partial charge is 0.314 e. The minimum Gasteiger partial charge on any atom is -0.314 e. The molecule has 3 aromatic rings. The zero-order valence-electron chi connectivity index (χ0n) is 13.5. The van der Waals surface area contributed by atoms with Crippen molar-refractivity contribution in [1.82, 2.24) is 10.2 Å². The van der Waals surface area contributed by atoms with Crippen molar-refractivity contribution in [1.29, 1.82) is 0 Å². The van der Waals surface area contributed by atoms with E-state index in [9.17, 15) is 0 Å². The number of fused-ring (bicyclic) bond motifs is 1. The fourth-order valence-electron chi connectivity index (χ4n) is 3.38. The van der Waals surface area contributed by atoms with Crippen LogP contribution >= 0.6 is 11.3 Å². The summed E-state index contributed by atoms with van der Waals surface area (Å²) in [5.41, 5.74) is 2.73. The second-order valence-corrected chi connectivity index (χ2v) is 7.40. The third-order valence-corrected chi connectivity index (χ3v) is 5.79. The maximum Gasteiger partial charge on any atom is 0.0697 e. The van der Waals surface area contributed by atoms with Crippen molar-refractivity contribution < 1.29 is 0 Å². The Morgan fingerprint density at radius 1 is 1.00 bits per heavy atom. The average Bonchev–Trinajstić information content (AvgIpc) is 3.01. The molecule has 1 fully saturated rings. The summed E-state index contributed by atoms with van der Waals surface area (Å²) in [5.74, 6) is 0. The molecule has 2 nitrogen and oxygen atoms in total. The van der Waals surface area contributed by atoms with Gasteiger partial charge in [0.1, 0.15) is 0 Å². The maximum absolute atomic E-state index is 3.47. The van der Waals surface area contributed by atoms with Crippen LogP contribution in [0.15, 0.2) is 54.6 Å². The first kappa shape index (κ1) is 14.9. The Morgan fingerprint density at radius 2 is 1.74 bits per heavy atom. The van der Waals surface area contributed by atoms with Gasteiger partial charge >= 0.3 is 0 Å². The predicted octanol–water partition coefficient (Wildman–Crippen LogP) is 4.20. The lowest BCUT2D eigenvalue weighted by Crippen LogP contribution is -2.45. The van der Waals surface area contributed by atoms with Crippen LogP contribution in [-0.2, 0) is 0 Å². The van der Waals surface area contributed by atoms with Crippen molar-refractivity contribution in [3.8, 4) is 0 Å². The van der Waals surface area contributed by atoms with Crippen LogP contribution in [0.25, 0.3) is 10.1 Å². The standard InChI is InChI=1S/C20H22N2S/c1-15-6-8-16(9-7-15)20(22-12-10-21-11-13-22)19-14-17-4-2-3-5-18(17)23-19/h2-9,14,20-21H,10-13H2,1H3. The Bertz CT molecular complexity index is 752. The molecule has 1 aromatic heterocycles. The van der Waals surface area contributed by atoms with Crippen molar-refractivity contribution in [2.24, 2.45) is 0 Å². The quantitative estimate of drug-likeness (QED) is 0.777. The summed E-state index contributed by atoms with van der Waals surface area (Å²) in [6.45, 7) is 6.52. The van der Waals surface area contributed by atoms with Crippen LogP contribution in [0.4, 0.5) is 0 Å². The van der Waals surface area contributed by atoms with Gasteiger partial charge in [0, 0.05) is 35.8 Å². The third-order valence-electron chi connectivity index (χ3n) is 4.62. The van der Waals surface area contributed by atoms with Crippen LogP contribution in [-0.4, -0.2) is 31.1 Å². The number of rotatable bonds is 3. The lowest BCUT2D eigenvalue weighted by Gasteiger charge is -2.34. The van der Waals surface area contributed by atoms with Gasteiger partial charge in [-0.3, -0.25) is 4.90 Å². The predicted molar refractivity (Wildman–Crippen MR) is 99.3 cm³/mol. The number of aryl methyl sites for hydroxylation is 1. The van der Waals surface area contributed by atoms with Crippen molar-refractivity contribution >= 4 is 21.4 Å². The summed E-state index contributed by atoms with van der Waals surface area (Å²) in [6, 6.07) is 20.5. The molecule has 1 aliphatic rings. The van der Waals surface area contributed by atoms with E-state index in [0.29, 0.717) is 6.04 Å². The van der Waals surface area contributed by atoms with Gasteiger partial charge in [0.25, 0.3) is 0 Å². The Kier molecular flexibility index (Phi) is 4.17. The molecular formula is C20H22N2S. The van der Waals surface area contributed by atoms with Crippen molar-refractivity contribution in [3.05, 3.63) is 70.6 Å². The van der Waals surface area contributed by atoms with Crippen LogP contribution in [0.2, 0.25) is 0 Å².